The Hall–Kier alpha value is -1.29. The number of carbonyl (C=O) groups excluding carboxylic acids is 1. The van der Waals surface area contributed by atoms with Crippen LogP contribution in [0.25, 0.3) is 0 Å². The fourth-order valence-corrected chi connectivity index (χ4v) is 3.89. The molecule has 1 saturated heterocycles. The van der Waals surface area contributed by atoms with E-state index in [-0.39, 0.29) is 5.92 Å². The Labute approximate surface area is 125 Å². The summed E-state index contributed by atoms with van der Waals surface area (Å²) >= 11 is 0. The standard InChI is InChI=1S/C17H24N2O2/c1-12-2-5-14(21-12)11-19(13-3-4-13)16(20)15-10-17(15)6-8-18-9-7-17/h2,5,13,15,18H,3-4,6-11H2,1H3. The number of carbonyl (C=O) groups is 1. The van der Waals surface area contributed by atoms with Crippen molar-refractivity contribution in [3.05, 3.63) is 23.7 Å². The monoisotopic (exact) mass is 288 g/mol. The van der Waals surface area contributed by atoms with Gasteiger partial charge in [-0.25, -0.2) is 0 Å². The Bertz CT molecular complexity index is 541. The number of nitrogens with zero attached hydrogens (tertiary/aromatic N) is 1. The topological polar surface area (TPSA) is 45.5 Å². The minimum absolute atomic E-state index is 0.274. The molecule has 1 aliphatic heterocycles. The molecular weight excluding hydrogens is 264 g/mol. The van der Waals surface area contributed by atoms with Crippen LogP contribution < -0.4 is 5.32 Å². The lowest BCUT2D eigenvalue weighted by Gasteiger charge is -2.26. The number of amides is 1. The molecule has 1 aromatic rings. The molecule has 2 aliphatic carbocycles. The molecule has 1 atom stereocenters. The molecule has 1 spiro atoms. The first-order valence-corrected chi connectivity index (χ1v) is 8.24. The maximum atomic E-state index is 12.9. The fourth-order valence-electron chi connectivity index (χ4n) is 3.89. The molecule has 1 aromatic heterocycles. The number of furan rings is 1. The van der Waals surface area contributed by atoms with Crippen LogP contribution in [0, 0.1) is 18.3 Å². The molecule has 114 valence electrons. The number of hydrogen-bond donors (Lipinski definition) is 1. The van der Waals surface area contributed by atoms with Crippen LogP contribution in [0.4, 0.5) is 0 Å². The maximum Gasteiger partial charge on any atom is 0.226 e. The number of aryl methyl sites for hydroxylation is 1. The molecular formula is C17H24N2O2. The van der Waals surface area contributed by atoms with E-state index in [0.717, 1.165) is 43.9 Å². The molecule has 4 rings (SSSR count). The molecule has 4 heteroatoms. The lowest BCUT2D eigenvalue weighted by Crippen LogP contribution is -2.37. The molecule has 0 bridgehead atoms. The lowest BCUT2D eigenvalue weighted by molar-refractivity contribution is -0.135. The van der Waals surface area contributed by atoms with E-state index in [2.05, 4.69) is 10.2 Å². The van der Waals surface area contributed by atoms with Crippen molar-refractivity contribution in [2.45, 2.75) is 51.6 Å². The SMILES string of the molecule is Cc1ccc(CN(C(=O)C2CC23CCNCC3)C2CC2)o1. The van der Waals surface area contributed by atoms with E-state index in [9.17, 15) is 4.79 Å². The van der Waals surface area contributed by atoms with Crippen molar-refractivity contribution >= 4 is 5.91 Å². The molecule has 0 radical (unpaired) electrons. The largest absolute Gasteiger partial charge is 0.464 e. The van der Waals surface area contributed by atoms with Crippen LogP contribution in [-0.2, 0) is 11.3 Å². The molecule has 1 unspecified atom stereocenters. The van der Waals surface area contributed by atoms with Crippen molar-refractivity contribution in [3.63, 3.8) is 0 Å². The van der Waals surface area contributed by atoms with E-state index in [0.29, 0.717) is 23.9 Å². The minimum atomic E-state index is 0.274. The average molecular weight is 288 g/mol. The highest BCUT2D eigenvalue weighted by Crippen LogP contribution is 2.59. The smallest absolute Gasteiger partial charge is 0.226 e. The summed E-state index contributed by atoms with van der Waals surface area (Å²) in [7, 11) is 0. The second-order valence-corrected chi connectivity index (χ2v) is 7.08. The summed E-state index contributed by atoms with van der Waals surface area (Å²) in [5.74, 6) is 2.51. The van der Waals surface area contributed by atoms with E-state index >= 15 is 0 Å². The van der Waals surface area contributed by atoms with Gasteiger partial charge in [0.15, 0.2) is 0 Å². The second-order valence-electron chi connectivity index (χ2n) is 7.08. The third-order valence-corrected chi connectivity index (χ3v) is 5.48. The molecule has 3 fully saturated rings. The highest BCUT2D eigenvalue weighted by Gasteiger charge is 2.59. The number of piperidine rings is 1. The van der Waals surface area contributed by atoms with Gasteiger partial charge in [0.1, 0.15) is 11.5 Å². The van der Waals surface area contributed by atoms with Gasteiger partial charge in [-0.3, -0.25) is 4.79 Å². The summed E-state index contributed by atoms with van der Waals surface area (Å²) in [4.78, 5) is 15.0. The molecule has 2 heterocycles. The van der Waals surface area contributed by atoms with Crippen molar-refractivity contribution < 1.29 is 9.21 Å². The van der Waals surface area contributed by atoms with Crippen molar-refractivity contribution in [1.29, 1.82) is 0 Å². The van der Waals surface area contributed by atoms with Crippen LogP contribution in [0.5, 0.6) is 0 Å². The predicted molar refractivity (Wildman–Crippen MR) is 79.7 cm³/mol. The summed E-state index contributed by atoms with van der Waals surface area (Å²) in [6.07, 6.45) is 5.76. The maximum absolute atomic E-state index is 12.9. The first-order valence-electron chi connectivity index (χ1n) is 8.24. The number of rotatable bonds is 4. The Morgan fingerprint density at radius 3 is 2.76 bits per heavy atom. The van der Waals surface area contributed by atoms with E-state index in [1.165, 1.54) is 12.8 Å². The van der Waals surface area contributed by atoms with Gasteiger partial charge in [-0.15, -0.1) is 0 Å². The number of hydrogen-bond acceptors (Lipinski definition) is 3. The summed E-state index contributed by atoms with van der Waals surface area (Å²) in [5, 5.41) is 3.41. The van der Waals surface area contributed by atoms with Crippen LogP contribution >= 0.6 is 0 Å². The van der Waals surface area contributed by atoms with Gasteiger partial charge in [-0.05, 0) is 69.7 Å². The minimum Gasteiger partial charge on any atom is -0.464 e. The third kappa shape index (κ3) is 2.50. The van der Waals surface area contributed by atoms with Gasteiger partial charge >= 0.3 is 0 Å². The van der Waals surface area contributed by atoms with Crippen molar-refractivity contribution in [2.24, 2.45) is 11.3 Å². The van der Waals surface area contributed by atoms with Gasteiger partial charge in [-0.2, -0.15) is 0 Å². The zero-order valence-electron chi connectivity index (χ0n) is 12.7. The summed E-state index contributed by atoms with van der Waals surface area (Å²) in [6.45, 7) is 4.76. The average Bonchev–Trinajstić information content (AvgIpc) is 3.39. The van der Waals surface area contributed by atoms with Crippen molar-refractivity contribution in [2.75, 3.05) is 13.1 Å². The quantitative estimate of drug-likeness (QED) is 0.925. The molecule has 1 amide bonds. The number of nitrogens with one attached hydrogen (secondary N) is 1. The normalized spacial score (nSPS) is 26.8. The Morgan fingerprint density at radius 1 is 1.38 bits per heavy atom. The first kappa shape index (κ1) is 13.4. The summed E-state index contributed by atoms with van der Waals surface area (Å²) < 4.78 is 5.68. The van der Waals surface area contributed by atoms with Crippen LogP contribution in [0.3, 0.4) is 0 Å². The van der Waals surface area contributed by atoms with E-state index in [4.69, 9.17) is 4.42 Å². The molecule has 1 N–H and O–H groups in total. The van der Waals surface area contributed by atoms with E-state index < -0.39 is 0 Å². The van der Waals surface area contributed by atoms with Gasteiger partial charge in [0, 0.05) is 12.0 Å². The van der Waals surface area contributed by atoms with Crippen LogP contribution in [0.1, 0.15) is 43.6 Å². The summed E-state index contributed by atoms with van der Waals surface area (Å²) in [6, 6.07) is 4.45. The molecule has 0 aromatic carbocycles. The van der Waals surface area contributed by atoms with Gasteiger partial charge in [0.25, 0.3) is 0 Å². The first-order chi connectivity index (χ1) is 10.2. The highest BCUT2D eigenvalue weighted by atomic mass is 16.3. The van der Waals surface area contributed by atoms with E-state index in [1.54, 1.807) is 0 Å². The third-order valence-electron chi connectivity index (χ3n) is 5.48. The molecule has 2 saturated carbocycles. The van der Waals surface area contributed by atoms with Crippen LogP contribution in [-0.4, -0.2) is 29.9 Å². The van der Waals surface area contributed by atoms with Gasteiger partial charge in [0.05, 0.1) is 6.54 Å². The van der Waals surface area contributed by atoms with Crippen molar-refractivity contribution in [1.82, 2.24) is 10.2 Å². The van der Waals surface area contributed by atoms with Gasteiger partial charge in [0.2, 0.25) is 5.91 Å². The summed E-state index contributed by atoms with van der Waals surface area (Å²) in [5.41, 5.74) is 0.328. The van der Waals surface area contributed by atoms with E-state index in [1.807, 2.05) is 19.1 Å². The Kier molecular flexibility index (Phi) is 3.10. The Balaban J connectivity index is 1.46. The van der Waals surface area contributed by atoms with Gasteiger partial charge < -0.3 is 14.6 Å². The molecule has 3 aliphatic rings. The zero-order valence-corrected chi connectivity index (χ0v) is 12.7. The Morgan fingerprint density at radius 2 is 2.14 bits per heavy atom. The predicted octanol–water partition coefficient (Wildman–Crippen LogP) is 2.47. The van der Waals surface area contributed by atoms with Crippen molar-refractivity contribution in [3.8, 4) is 0 Å². The molecule has 21 heavy (non-hydrogen) atoms. The molecule has 4 nitrogen and oxygen atoms in total. The van der Waals surface area contributed by atoms with Gasteiger partial charge in [-0.1, -0.05) is 0 Å². The lowest BCUT2D eigenvalue weighted by atomic mass is 9.91. The zero-order chi connectivity index (χ0) is 14.4. The second kappa shape index (κ2) is 4.87. The van der Waals surface area contributed by atoms with Crippen LogP contribution in [0.15, 0.2) is 16.5 Å². The fraction of sp³-hybridized carbons (Fsp3) is 0.706. The highest BCUT2D eigenvalue weighted by molar-refractivity contribution is 5.83. The van der Waals surface area contributed by atoms with Crippen LogP contribution in [0.2, 0.25) is 0 Å².